The number of allylic oxidation sites excluding steroid dienone is 2. The van der Waals surface area contributed by atoms with Gasteiger partial charge >= 0.3 is 0 Å². The predicted octanol–water partition coefficient (Wildman–Crippen LogP) is 3.97. The van der Waals surface area contributed by atoms with Crippen LogP contribution in [-0.4, -0.2) is 23.3 Å². The molecule has 2 saturated heterocycles. The number of hydrogen-bond donors (Lipinski definition) is 0. The zero-order chi connectivity index (χ0) is 12.6. The summed E-state index contributed by atoms with van der Waals surface area (Å²) in [6, 6.07) is 0. The third-order valence-corrected chi connectivity index (χ3v) is 10.5. The highest BCUT2D eigenvalue weighted by atomic mass is 31.1. The second kappa shape index (κ2) is 3.73. The van der Waals surface area contributed by atoms with Gasteiger partial charge in [-0.1, -0.05) is 13.5 Å². The Morgan fingerprint density at radius 3 is 2.95 bits per heavy atom. The van der Waals surface area contributed by atoms with E-state index in [1.54, 1.807) is 30.7 Å². The molecule has 0 aromatic rings. The van der Waals surface area contributed by atoms with Gasteiger partial charge in [0.2, 0.25) is 0 Å². The van der Waals surface area contributed by atoms with Crippen LogP contribution in [0, 0.1) is 23.7 Å². The van der Waals surface area contributed by atoms with Crippen molar-refractivity contribution in [3.05, 3.63) is 11.6 Å². The standard InChI is InChI=1S/C17H23OP/c18-12-2-4-13-11(9-12)1-3-15-14(13)5-7-17-10-19(17)8-6-16(15)17/h9,13-16H,1-8,10H2. The summed E-state index contributed by atoms with van der Waals surface area (Å²) in [7, 11) is 0.496. The smallest absolute Gasteiger partial charge is 0.155 e. The van der Waals surface area contributed by atoms with Crippen LogP contribution in [0.2, 0.25) is 0 Å². The molecule has 0 amide bonds. The van der Waals surface area contributed by atoms with Gasteiger partial charge in [0.05, 0.1) is 0 Å². The van der Waals surface area contributed by atoms with Crippen molar-refractivity contribution in [3.8, 4) is 0 Å². The fourth-order valence-electron chi connectivity index (χ4n) is 6.34. The molecular formula is C17H23OP. The Bertz CT molecular complexity index is 482. The van der Waals surface area contributed by atoms with Crippen molar-refractivity contribution in [1.29, 1.82) is 0 Å². The first-order valence-corrected chi connectivity index (χ1v) is 9.97. The average Bonchev–Trinajstić information content (AvgIpc) is 3.00. The first kappa shape index (κ1) is 11.5. The number of carbonyl (C=O) groups is 1. The maximum Gasteiger partial charge on any atom is 0.155 e. The maximum absolute atomic E-state index is 11.6. The van der Waals surface area contributed by atoms with E-state index in [2.05, 4.69) is 0 Å². The Labute approximate surface area is 117 Å². The topological polar surface area (TPSA) is 17.1 Å². The fourth-order valence-corrected chi connectivity index (χ4v) is 10.1. The lowest BCUT2D eigenvalue weighted by molar-refractivity contribution is -0.115. The average molecular weight is 274 g/mol. The lowest BCUT2D eigenvalue weighted by Gasteiger charge is -2.50. The van der Waals surface area contributed by atoms with E-state index in [0.29, 0.717) is 13.7 Å². The lowest BCUT2D eigenvalue weighted by atomic mass is 9.55. The Balaban J connectivity index is 1.47. The molecule has 1 nitrogen and oxygen atoms in total. The minimum Gasteiger partial charge on any atom is -0.295 e. The van der Waals surface area contributed by atoms with Crippen molar-refractivity contribution in [1.82, 2.24) is 0 Å². The molecule has 19 heavy (non-hydrogen) atoms. The van der Waals surface area contributed by atoms with E-state index in [9.17, 15) is 4.79 Å². The highest BCUT2D eigenvalue weighted by Crippen LogP contribution is 2.82. The quantitative estimate of drug-likeness (QED) is 0.611. The van der Waals surface area contributed by atoms with Crippen LogP contribution < -0.4 is 0 Å². The normalized spacial score (nSPS) is 54.6. The van der Waals surface area contributed by atoms with Crippen LogP contribution in [0.25, 0.3) is 0 Å². The Kier molecular flexibility index (Phi) is 2.26. The molecule has 0 radical (unpaired) electrons. The molecule has 102 valence electrons. The van der Waals surface area contributed by atoms with Crippen LogP contribution in [0.15, 0.2) is 11.6 Å². The first-order valence-electron chi connectivity index (χ1n) is 8.26. The minimum absolute atomic E-state index is 0.406. The largest absolute Gasteiger partial charge is 0.295 e. The molecule has 2 saturated carbocycles. The number of hydrogen-bond acceptors (Lipinski definition) is 1. The summed E-state index contributed by atoms with van der Waals surface area (Å²) >= 11 is 0. The van der Waals surface area contributed by atoms with Crippen molar-refractivity contribution in [3.63, 3.8) is 0 Å². The fraction of sp³-hybridized carbons (Fsp3) is 0.824. The molecule has 2 heteroatoms. The van der Waals surface area contributed by atoms with Gasteiger partial charge in [-0.15, -0.1) is 0 Å². The van der Waals surface area contributed by atoms with Crippen LogP contribution in [0.3, 0.4) is 0 Å². The molecule has 4 fully saturated rings. The molecule has 0 bridgehead atoms. The lowest BCUT2D eigenvalue weighted by Crippen LogP contribution is -2.44. The Morgan fingerprint density at radius 1 is 1.11 bits per heavy atom. The summed E-state index contributed by atoms with van der Waals surface area (Å²) in [5.41, 5.74) is 1.55. The molecule has 0 aromatic heterocycles. The number of carbonyl (C=O) groups excluding carboxylic acids is 1. The van der Waals surface area contributed by atoms with Crippen LogP contribution in [0.5, 0.6) is 0 Å². The van der Waals surface area contributed by atoms with Crippen LogP contribution >= 0.6 is 7.92 Å². The zero-order valence-electron chi connectivity index (χ0n) is 11.6. The molecule has 0 N–H and O–H groups in total. The highest BCUT2D eigenvalue weighted by molar-refractivity contribution is 7.67. The van der Waals surface area contributed by atoms with E-state index >= 15 is 0 Å². The SMILES string of the molecule is O=C1C=C2CCC3C(CCC45CP4CCC35)C2CC1. The third-order valence-electron chi connectivity index (χ3n) is 7.18. The van der Waals surface area contributed by atoms with Crippen molar-refractivity contribution in [2.75, 3.05) is 12.3 Å². The number of ketones is 1. The van der Waals surface area contributed by atoms with Crippen LogP contribution in [0.4, 0.5) is 0 Å². The Morgan fingerprint density at radius 2 is 2.05 bits per heavy atom. The minimum atomic E-state index is 0.406. The molecule has 1 spiro atoms. The van der Waals surface area contributed by atoms with Gasteiger partial charge < -0.3 is 0 Å². The summed E-state index contributed by atoms with van der Waals surface area (Å²) in [6.07, 6.45) is 14.6. The summed E-state index contributed by atoms with van der Waals surface area (Å²) in [5, 5.41) is 0.905. The second-order valence-corrected chi connectivity index (χ2v) is 10.4. The molecule has 3 aliphatic carbocycles. The van der Waals surface area contributed by atoms with Crippen LogP contribution in [0.1, 0.15) is 44.9 Å². The maximum atomic E-state index is 11.6. The Hall–Kier alpha value is -0.160. The monoisotopic (exact) mass is 274 g/mol. The molecule has 5 rings (SSSR count). The summed E-state index contributed by atoms with van der Waals surface area (Å²) in [5.74, 6) is 4.32. The molecule has 6 atom stereocenters. The molecular weight excluding hydrogens is 251 g/mol. The third kappa shape index (κ3) is 1.44. The van der Waals surface area contributed by atoms with Gasteiger partial charge in [0.15, 0.2) is 5.78 Å². The van der Waals surface area contributed by atoms with Crippen molar-refractivity contribution in [2.45, 2.75) is 50.1 Å². The molecule has 2 aliphatic heterocycles. The van der Waals surface area contributed by atoms with Crippen LogP contribution in [-0.2, 0) is 4.79 Å². The van der Waals surface area contributed by atoms with E-state index < -0.39 is 0 Å². The second-order valence-electron chi connectivity index (χ2n) is 7.66. The molecule has 5 aliphatic rings. The van der Waals surface area contributed by atoms with Crippen molar-refractivity contribution < 1.29 is 4.79 Å². The van der Waals surface area contributed by atoms with Gasteiger partial charge in [-0.3, -0.25) is 4.79 Å². The predicted molar refractivity (Wildman–Crippen MR) is 78.8 cm³/mol. The van der Waals surface area contributed by atoms with E-state index in [1.165, 1.54) is 25.7 Å². The zero-order valence-corrected chi connectivity index (χ0v) is 12.5. The van der Waals surface area contributed by atoms with Crippen molar-refractivity contribution in [2.24, 2.45) is 23.7 Å². The van der Waals surface area contributed by atoms with Gasteiger partial charge in [-0.2, -0.15) is 0 Å². The highest BCUT2D eigenvalue weighted by Gasteiger charge is 2.66. The van der Waals surface area contributed by atoms with Gasteiger partial charge in [0.25, 0.3) is 0 Å². The van der Waals surface area contributed by atoms with E-state index in [-0.39, 0.29) is 0 Å². The van der Waals surface area contributed by atoms with Crippen molar-refractivity contribution >= 4 is 13.7 Å². The summed E-state index contributed by atoms with van der Waals surface area (Å²) in [4.78, 5) is 11.6. The summed E-state index contributed by atoms with van der Waals surface area (Å²) in [6.45, 7) is 0. The molecule has 0 aromatic carbocycles. The molecule has 2 heterocycles. The van der Waals surface area contributed by atoms with Gasteiger partial charge in [-0.25, -0.2) is 0 Å². The first-order chi connectivity index (χ1) is 9.28. The number of rotatable bonds is 0. The molecule has 6 unspecified atom stereocenters. The van der Waals surface area contributed by atoms with E-state index in [0.717, 1.165) is 35.2 Å². The van der Waals surface area contributed by atoms with Gasteiger partial charge in [0.1, 0.15) is 0 Å². The van der Waals surface area contributed by atoms with E-state index in [4.69, 9.17) is 0 Å². The van der Waals surface area contributed by atoms with Gasteiger partial charge in [0, 0.05) is 6.42 Å². The van der Waals surface area contributed by atoms with E-state index in [1.807, 2.05) is 6.08 Å². The van der Waals surface area contributed by atoms with Gasteiger partial charge in [-0.05, 0) is 85.8 Å². The summed E-state index contributed by atoms with van der Waals surface area (Å²) < 4.78 is 0. The number of fused-ring (bicyclic) bond motifs is 4.